The van der Waals surface area contributed by atoms with Gasteiger partial charge in [0, 0.05) is 25.6 Å². The Bertz CT molecular complexity index is 674. The molecule has 1 aliphatic heterocycles. The van der Waals surface area contributed by atoms with Crippen LogP contribution in [0.2, 0.25) is 0 Å². The summed E-state index contributed by atoms with van der Waals surface area (Å²) < 4.78 is 11.3. The molecule has 0 radical (unpaired) electrons. The Morgan fingerprint density at radius 3 is 3.09 bits per heavy atom. The van der Waals surface area contributed by atoms with Crippen LogP contribution in [0.15, 0.2) is 28.7 Å². The first kappa shape index (κ1) is 15.9. The average Bonchev–Trinajstić information content (AvgIpc) is 3.16. The van der Waals surface area contributed by atoms with Crippen molar-refractivity contribution in [3.05, 3.63) is 30.0 Å². The number of hydrogen-bond donors (Lipinski definition) is 1. The van der Waals surface area contributed by atoms with Crippen LogP contribution >= 0.6 is 0 Å². The van der Waals surface area contributed by atoms with Crippen LogP contribution in [0.1, 0.15) is 31.4 Å². The van der Waals surface area contributed by atoms with Crippen molar-refractivity contribution in [2.45, 2.75) is 38.7 Å². The summed E-state index contributed by atoms with van der Waals surface area (Å²) in [6.07, 6.45) is 4.67. The van der Waals surface area contributed by atoms with Crippen molar-refractivity contribution in [3.63, 3.8) is 0 Å². The molecule has 1 saturated heterocycles. The molecular weight excluding hydrogens is 292 g/mol. The van der Waals surface area contributed by atoms with Gasteiger partial charge < -0.3 is 19.4 Å². The number of nitrogens with zero attached hydrogens (tertiary/aromatic N) is 1. The average molecular weight is 316 g/mol. The lowest BCUT2D eigenvalue weighted by molar-refractivity contribution is 0.101. The predicted molar refractivity (Wildman–Crippen MR) is 90.8 cm³/mol. The highest BCUT2D eigenvalue weighted by Gasteiger charge is 2.16. The first-order valence-electron chi connectivity index (χ1n) is 8.26. The van der Waals surface area contributed by atoms with E-state index in [0.29, 0.717) is 11.8 Å². The SMILES string of the molecule is Cc1cc2cccc(NC(=O)N(C)CCC[C@H]3CCCO3)c2o1. The van der Waals surface area contributed by atoms with Gasteiger partial charge in [0.1, 0.15) is 5.76 Å². The monoisotopic (exact) mass is 316 g/mol. The molecule has 0 bridgehead atoms. The number of amides is 2. The molecule has 1 N–H and O–H groups in total. The maximum atomic E-state index is 12.3. The minimum absolute atomic E-state index is 0.112. The van der Waals surface area contributed by atoms with Crippen LogP contribution in [0, 0.1) is 6.92 Å². The van der Waals surface area contributed by atoms with Crippen molar-refractivity contribution < 1.29 is 13.9 Å². The number of rotatable bonds is 5. The fraction of sp³-hybridized carbons (Fsp3) is 0.500. The van der Waals surface area contributed by atoms with Crippen molar-refractivity contribution in [1.82, 2.24) is 4.90 Å². The molecule has 124 valence electrons. The van der Waals surface area contributed by atoms with Crippen molar-refractivity contribution in [2.75, 3.05) is 25.5 Å². The third-order valence-corrected chi connectivity index (χ3v) is 4.30. The highest BCUT2D eigenvalue weighted by Crippen LogP contribution is 2.26. The Labute approximate surface area is 136 Å². The summed E-state index contributed by atoms with van der Waals surface area (Å²) in [7, 11) is 1.82. The summed E-state index contributed by atoms with van der Waals surface area (Å²) in [5.41, 5.74) is 1.44. The smallest absolute Gasteiger partial charge is 0.321 e. The molecule has 2 aromatic rings. The number of benzene rings is 1. The van der Waals surface area contributed by atoms with E-state index < -0.39 is 0 Å². The number of hydrogen-bond acceptors (Lipinski definition) is 3. The minimum Gasteiger partial charge on any atom is -0.459 e. The number of carbonyl (C=O) groups is 1. The van der Waals surface area contributed by atoms with Crippen molar-refractivity contribution in [3.8, 4) is 0 Å². The van der Waals surface area contributed by atoms with E-state index in [9.17, 15) is 4.79 Å². The number of carbonyl (C=O) groups excluding carboxylic acids is 1. The van der Waals surface area contributed by atoms with E-state index in [1.807, 2.05) is 38.2 Å². The van der Waals surface area contributed by atoms with Crippen molar-refractivity contribution >= 4 is 22.7 Å². The zero-order chi connectivity index (χ0) is 16.2. The van der Waals surface area contributed by atoms with Gasteiger partial charge >= 0.3 is 6.03 Å². The fourth-order valence-corrected chi connectivity index (χ4v) is 3.03. The first-order chi connectivity index (χ1) is 11.1. The second kappa shape index (κ2) is 7.04. The molecule has 1 aromatic heterocycles. The van der Waals surface area contributed by atoms with E-state index in [2.05, 4.69) is 5.32 Å². The molecule has 1 aromatic carbocycles. The molecule has 1 fully saturated rings. The summed E-state index contributed by atoms with van der Waals surface area (Å²) in [6.45, 7) is 3.51. The third-order valence-electron chi connectivity index (χ3n) is 4.30. The normalized spacial score (nSPS) is 17.6. The number of ether oxygens (including phenoxy) is 1. The molecule has 5 heteroatoms. The van der Waals surface area contributed by atoms with Crippen LogP contribution in [0.3, 0.4) is 0 Å². The van der Waals surface area contributed by atoms with Crippen molar-refractivity contribution in [1.29, 1.82) is 0 Å². The maximum absolute atomic E-state index is 12.3. The lowest BCUT2D eigenvalue weighted by Gasteiger charge is -2.19. The number of nitrogens with one attached hydrogen (secondary N) is 1. The van der Waals surface area contributed by atoms with Crippen molar-refractivity contribution in [2.24, 2.45) is 0 Å². The van der Waals surface area contributed by atoms with Gasteiger partial charge in [0.2, 0.25) is 0 Å². The highest BCUT2D eigenvalue weighted by atomic mass is 16.5. The number of anilines is 1. The topological polar surface area (TPSA) is 54.7 Å². The number of furan rings is 1. The van der Waals surface area contributed by atoms with E-state index in [-0.39, 0.29) is 6.03 Å². The van der Waals surface area contributed by atoms with Gasteiger partial charge in [0.05, 0.1) is 11.8 Å². The summed E-state index contributed by atoms with van der Waals surface area (Å²) in [5, 5.41) is 3.94. The molecule has 0 spiro atoms. The molecule has 0 aliphatic carbocycles. The third kappa shape index (κ3) is 3.85. The lowest BCUT2D eigenvalue weighted by Crippen LogP contribution is -2.32. The first-order valence-corrected chi connectivity index (χ1v) is 8.26. The van der Waals surface area contributed by atoms with E-state index in [0.717, 1.165) is 55.6 Å². The van der Waals surface area contributed by atoms with Gasteiger partial charge in [-0.2, -0.15) is 0 Å². The number of urea groups is 1. The van der Waals surface area contributed by atoms with Gasteiger partial charge in [-0.1, -0.05) is 12.1 Å². The van der Waals surface area contributed by atoms with Gasteiger partial charge in [-0.15, -0.1) is 0 Å². The van der Waals surface area contributed by atoms with Gasteiger partial charge in [0.15, 0.2) is 5.58 Å². The molecule has 0 saturated carbocycles. The molecular formula is C18H24N2O3. The Balaban J connectivity index is 1.54. The predicted octanol–water partition coefficient (Wildman–Crippen LogP) is 4.16. The zero-order valence-corrected chi connectivity index (χ0v) is 13.8. The Kier molecular flexibility index (Phi) is 4.86. The number of fused-ring (bicyclic) bond motifs is 1. The molecule has 23 heavy (non-hydrogen) atoms. The van der Waals surface area contributed by atoms with Gasteiger partial charge in [-0.3, -0.25) is 0 Å². The molecule has 1 aliphatic rings. The maximum Gasteiger partial charge on any atom is 0.321 e. The van der Waals surface area contributed by atoms with Crippen LogP contribution in [0.25, 0.3) is 11.0 Å². The van der Waals surface area contributed by atoms with Crippen LogP contribution in [-0.4, -0.2) is 37.2 Å². The molecule has 2 amide bonds. The summed E-state index contributed by atoms with van der Waals surface area (Å²) in [6, 6.07) is 7.62. The Morgan fingerprint density at radius 1 is 1.43 bits per heavy atom. The second-order valence-corrected chi connectivity index (χ2v) is 6.21. The zero-order valence-electron chi connectivity index (χ0n) is 13.8. The second-order valence-electron chi connectivity index (χ2n) is 6.21. The van der Waals surface area contributed by atoms with E-state index in [4.69, 9.17) is 9.15 Å². The molecule has 3 rings (SSSR count). The molecule has 2 heterocycles. The van der Waals surface area contributed by atoms with Crippen LogP contribution in [-0.2, 0) is 4.74 Å². The largest absolute Gasteiger partial charge is 0.459 e. The summed E-state index contributed by atoms with van der Waals surface area (Å²) in [5.74, 6) is 0.839. The lowest BCUT2D eigenvalue weighted by atomic mass is 10.1. The molecule has 5 nitrogen and oxygen atoms in total. The van der Waals surface area contributed by atoms with Crippen LogP contribution in [0.4, 0.5) is 10.5 Å². The minimum atomic E-state index is -0.112. The van der Waals surface area contributed by atoms with E-state index in [1.54, 1.807) is 4.90 Å². The van der Waals surface area contributed by atoms with Gasteiger partial charge in [0.25, 0.3) is 0 Å². The fourth-order valence-electron chi connectivity index (χ4n) is 3.03. The molecule has 0 unspecified atom stereocenters. The quantitative estimate of drug-likeness (QED) is 0.901. The molecule has 1 atom stereocenters. The summed E-state index contributed by atoms with van der Waals surface area (Å²) in [4.78, 5) is 14.0. The van der Waals surface area contributed by atoms with E-state index >= 15 is 0 Å². The van der Waals surface area contributed by atoms with Gasteiger partial charge in [-0.05, 0) is 44.7 Å². The number of para-hydroxylation sites is 1. The van der Waals surface area contributed by atoms with Crippen LogP contribution in [0.5, 0.6) is 0 Å². The Morgan fingerprint density at radius 2 is 2.30 bits per heavy atom. The van der Waals surface area contributed by atoms with E-state index in [1.165, 1.54) is 0 Å². The van der Waals surface area contributed by atoms with Crippen LogP contribution < -0.4 is 5.32 Å². The number of aryl methyl sites for hydroxylation is 1. The summed E-state index contributed by atoms with van der Waals surface area (Å²) >= 11 is 0. The Hall–Kier alpha value is -2.01. The standard InChI is InChI=1S/C18H24N2O3/c1-13-12-14-6-3-9-16(17(14)23-13)19-18(21)20(2)10-4-7-15-8-5-11-22-15/h3,6,9,12,15H,4-5,7-8,10-11H2,1-2H3,(H,19,21)/t15-/m0/s1. The van der Waals surface area contributed by atoms with Gasteiger partial charge in [-0.25, -0.2) is 4.79 Å². The highest BCUT2D eigenvalue weighted by molar-refractivity contribution is 5.98.